The minimum atomic E-state index is -0.291. The lowest BCUT2D eigenvalue weighted by Crippen LogP contribution is -2.40. The third kappa shape index (κ3) is 2.61. The van der Waals surface area contributed by atoms with Crippen LogP contribution in [0.5, 0.6) is 5.75 Å². The minimum Gasteiger partial charge on any atom is -0.471 e. The number of nitrogens with one attached hydrogen (secondary N) is 1. The first-order chi connectivity index (χ1) is 13.6. The van der Waals surface area contributed by atoms with Gasteiger partial charge in [-0.25, -0.2) is 4.79 Å². The number of aromatic amines is 1. The van der Waals surface area contributed by atoms with Crippen molar-refractivity contribution >= 4 is 28.5 Å². The predicted molar refractivity (Wildman–Crippen MR) is 108 cm³/mol. The molecule has 144 valence electrons. The molecule has 2 aromatic carbocycles. The largest absolute Gasteiger partial charge is 0.471 e. The van der Waals surface area contributed by atoms with Crippen molar-refractivity contribution in [1.29, 1.82) is 0 Å². The number of aryl methyl sites for hydroxylation is 1. The summed E-state index contributed by atoms with van der Waals surface area (Å²) in [6, 6.07) is 9.97. The fraction of sp³-hybridized carbons (Fsp3) is 0.318. The molecule has 1 unspecified atom stereocenters. The van der Waals surface area contributed by atoms with Crippen LogP contribution in [0.4, 0.5) is 0 Å². The van der Waals surface area contributed by atoms with Crippen LogP contribution < -0.4 is 4.74 Å². The first-order valence-corrected chi connectivity index (χ1v) is 9.95. The van der Waals surface area contributed by atoms with Gasteiger partial charge in [0.1, 0.15) is 5.75 Å². The van der Waals surface area contributed by atoms with Crippen LogP contribution in [0.3, 0.4) is 0 Å². The second-order valence-electron chi connectivity index (χ2n) is 7.34. The Labute approximate surface area is 168 Å². The molecule has 5 rings (SSSR count). The zero-order chi connectivity index (χ0) is 19.4. The molecule has 1 aromatic heterocycles. The molecule has 5 nitrogen and oxygen atoms in total. The van der Waals surface area contributed by atoms with E-state index in [-0.39, 0.29) is 12.2 Å². The monoisotopic (exact) mass is 396 g/mol. The Morgan fingerprint density at radius 2 is 2.21 bits per heavy atom. The molecule has 0 radical (unpaired) electrons. The van der Waals surface area contributed by atoms with E-state index < -0.39 is 0 Å². The van der Waals surface area contributed by atoms with Crippen molar-refractivity contribution < 1.29 is 14.3 Å². The van der Waals surface area contributed by atoms with E-state index in [0.717, 1.165) is 58.0 Å². The normalized spacial score (nSPS) is 18.2. The van der Waals surface area contributed by atoms with Gasteiger partial charge >= 0.3 is 5.97 Å². The standard InChI is InChI=1S/C22H21ClN2O3/c1-3-27-22(26)19-12(2)24-17-6-7-18-16(20(17)19)11-25-9-8-13-10-14(23)4-5-15(13)21(25)28-18/h4-7,10,21,24H,3,8-9,11H2,1-2H3. The smallest absolute Gasteiger partial charge is 0.340 e. The maximum atomic E-state index is 12.6. The number of benzene rings is 2. The van der Waals surface area contributed by atoms with Gasteiger partial charge in [-0.2, -0.15) is 0 Å². The average molecular weight is 397 g/mol. The average Bonchev–Trinajstić information content (AvgIpc) is 3.02. The van der Waals surface area contributed by atoms with Crippen LogP contribution in [-0.2, 0) is 17.7 Å². The zero-order valence-corrected chi connectivity index (χ0v) is 16.6. The molecule has 0 saturated heterocycles. The Morgan fingerprint density at radius 1 is 1.36 bits per heavy atom. The molecule has 0 amide bonds. The summed E-state index contributed by atoms with van der Waals surface area (Å²) in [6.45, 7) is 5.69. The minimum absolute atomic E-state index is 0.128. The highest BCUT2D eigenvalue weighted by molar-refractivity contribution is 6.30. The van der Waals surface area contributed by atoms with Gasteiger partial charge in [-0.3, -0.25) is 4.90 Å². The summed E-state index contributed by atoms with van der Waals surface area (Å²) in [6.07, 6.45) is 0.801. The number of rotatable bonds is 2. The van der Waals surface area contributed by atoms with Crippen LogP contribution >= 0.6 is 11.6 Å². The molecule has 3 aromatic rings. The van der Waals surface area contributed by atoms with E-state index in [4.69, 9.17) is 21.1 Å². The van der Waals surface area contributed by atoms with Crippen molar-refractivity contribution in [3.8, 4) is 5.75 Å². The Bertz CT molecular complexity index is 1100. The predicted octanol–water partition coefficient (Wildman–Crippen LogP) is 4.76. The van der Waals surface area contributed by atoms with Crippen LogP contribution in [0.1, 0.15) is 45.9 Å². The van der Waals surface area contributed by atoms with E-state index in [2.05, 4.69) is 16.0 Å². The molecule has 1 atom stereocenters. The summed E-state index contributed by atoms with van der Waals surface area (Å²) < 4.78 is 11.7. The molecular formula is C22H21ClN2O3. The molecule has 0 spiro atoms. The fourth-order valence-electron chi connectivity index (χ4n) is 4.43. The first kappa shape index (κ1) is 17.6. The summed E-state index contributed by atoms with van der Waals surface area (Å²) in [5.74, 6) is 0.529. The Kier molecular flexibility index (Phi) is 4.11. The fourth-order valence-corrected chi connectivity index (χ4v) is 4.62. The Balaban J connectivity index is 1.63. The summed E-state index contributed by atoms with van der Waals surface area (Å²) in [5, 5.41) is 1.67. The van der Waals surface area contributed by atoms with Gasteiger partial charge in [0.05, 0.1) is 12.2 Å². The van der Waals surface area contributed by atoms with Gasteiger partial charge in [0, 0.05) is 45.8 Å². The van der Waals surface area contributed by atoms with Gasteiger partial charge in [0.15, 0.2) is 6.23 Å². The molecule has 3 heterocycles. The van der Waals surface area contributed by atoms with Crippen LogP contribution in [0.15, 0.2) is 30.3 Å². The van der Waals surface area contributed by atoms with Crippen molar-refractivity contribution in [2.75, 3.05) is 13.2 Å². The van der Waals surface area contributed by atoms with E-state index in [9.17, 15) is 4.79 Å². The van der Waals surface area contributed by atoms with Gasteiger partial charge in [0.2, 0.25) is 0 Å². The summed E-state index contributed by atoms with van der Waals surface area (Å²) >= 11 is 6.17. The maximum absolute atomic E-state index is 12.6. The lowest BCUT2D eigenvalue weighted by molar-refractivity contribution is -0.00954. The third-order valence-electron chi connectivity index (χ3n) is 5.67. The molecule has 0 saturated carbocycles. The highest BCUT2D eigenvalue weighted by atomic mass is 35.5. The number of halogens is 1. The van der Waals surface area contributed by atoms with Gasteiger partial charge in [-0.15, -0.1) is 0 Å². The van der Waals surface area contributed by atoms with Crippen molar-refractivity contribution in [2.24, 2.45) is 0 Å². The number of H-pyrrole nitrogens is 1. The van der Waals surface area contributed by atoms with Crippen molar-refractivity contribution in [1.82, 2.24) is 9.88 Å². The number of aromatic nitrogens is 1. The van der Waals surface area contributed by atoms with E-state index in [1.807, 2.05) is 38.1 Å². The van der Waals surface area contributed by atoms with Crippen molar-refractivity contribution in [3.63, 3.8) is 0 Å². The van der Waals surface area contributed by atoms with E-state index in [0.29, 0.717) is 12.2 Å². The maximum Gasteiger partial charge on any atom is 0.340 e. The number of fused-ring (bicyclic) bond motifs is 6. The number of carbonyl (C=O) groups is 1. The molecule has 1 N–H and O–H groups in total. The molecule has 0 aliphatic carbocycles. The highest BCUT2D eigenvalue weighted by Gasteiger charge is 2.35. The number of hydrogen-bond acceptors (Lipinski definition) is 4. The molecule has 2 aliphatic rings. The van der Waals surface area contributed by atoms with Gasteiger partial charge in [-0.05, 0) is 50.1 Å². The number of nitrogens with zero attached hydrogens (tertiary/aromatic N) is 1. The summed E-state index contributed by atoms with van der Waals surface area (Å²) in [7, 11) is 0. The summed E-state index contributed by atoms with van der Waals surface area (Å²) in [4.78, 5) is 18.2. The number of ether oxygens (including phenoxy) is 2. The van der Waals surface area contributed by atoms with E-state index in [1.54, 1.807) is 0 Å². The number of hydrogen-bond donors (Lipinski definition) is 1. The SMILES string of the molecule is CCOC(=O)c1c(C)[nH]c2ccc3c(c12)CN1CCc2cc(Cl)ccc2C1O3. The molecule has 0 fully saturated rings. The van der Waals surface area contributed by atoms with Crippen molar-refractivity contribution in [3.05, 3.63) is 63.3 Å². The molecule has 28 heavy (non-hydrogen) atoms. The highest BCUT2D eigenvalue weighted by Crippen LogP contribution is 2.43. The second-order valence-corrected chi connectivity index (χ2v) is 7.78. The molecule has 2 aliphatic heterocycles. The lowest BCUT2D eigenvalue weighted by Gasteiger charge is -2.41. The molecular weight excluding hydrogens is 376 g/mol. The van der Waals surface area contributed by atoms with Crippen LogP contribution in [0.25, 0.3) is 10.9 Å². The second kappa shape index (κ2) is 6.54. The Hall–Kier alpha value is -2.50. The topological polar surface area (TPSA) is 54.6 Å². The quantitative estimate of drug-likeness (QED) is 0.635. The zero-order valence-electron chi connectivity index (χ0n) is 15.8. The number of esters is 1. The van der Waals surface area contributed by atoms with Gasteiger partial charge in [0.25, 0.3) is 0 Å². The van der Waals surface area contributed by atoms with Crippen LogP contribution in [0, 0.1) is 6.92 Å². The number of carbonyl (C=O) groups excluding carboxylic acids is 1. The molecule has 0 bridgehead atoms. The van der Waals surface area contributed by atoms with Crippen LogP contribution in [0.2, 0.25) is 5.02 Å². The Morgan fingerprint density at radius 3 is 3.04 bits per heavy atom. The van der Waals surface area contributed by atoms with E-state index in [1.165, 1.54) is 5.56 Å². The summed E-state index contributed by atoms with van der Waals surface area (Å²) in [5.41, 5.74) is 5.81. The van der Waals surface area contributed by atoms with E-state index >= 15 is 0 Å². The van der Waals surface area contributed by atoms with Crippen LogP contribution in [-0.4, -0.2) is 29.0 Å². The van der Waals surface area contributed by atoms with Gasteiger partial charge in [-0.1, -0.05) is 17.7 Å². The first-order valence-electron chi connectivity index (χ1n) is 9.57. The van der Waals surface area contributed by atoms with Gasteiger partial charge < -0.3 is 14.5 Å². The lowest BCUT2D eigenvalue weighted by atomic mass is 9.95. The molecule has 6 heteroatoms. The third-order valence-corrected chi connectivity index (χ3v) is 5.90. The van der Waals surface area contributed by atoms with Crippen molar-refractivity contribution in [2.45, 2.75) is 33.0 Å².